The van der Waals surface area contributed by atoms with E-state index in [4.69, 9.17) is 0 Å². The van der Waals surface area contributed by atoms with E-state index in [1.165, 1.54) is 0 Å². The Bertz CT molecular complexity index is 165. The molecule has 0 aliphatic heterocycles. The van der Waals surface area contributed by atoms with Gasteiger partial charge in [-0.1, -0.05) is 20.8 Å². The number of hydrogen-bond donors (Lipinski definition) is 1. The second-order valence-corrected chi connectivity index (χ2v) is 4.98. The molecule has 1 N–H and O–H groups in total. The van der Waals surface area contributed by atoms with Crippen LogP contribution in [0.2, 0.25) is 0 Å². The number of ketones is 1. The topological polar surface area (TPSA) is 29.1 Å². The molecule has 0 saturated carbocycles. The van der Waals surface area contributed by atoms with Crippen LogP contribution in [0, 0.1) is 5.41 Å². The highest BCUT2D eigenvalue weighted by molar-refractivity contribution is 5.84. The molecule has 0 bridgehead atoms. The summed E-state index contributed by atoms with van der Waals surface area (Å²) >= 11 is 0. The second kappa shape index (κ2) is 3.56. The molecular formula is C10H21NO. The lowest BCUT2D eigenvalue weighted by molar-refractivity contribution is -0.127. The molecule has 0 aliphatic rings. The Labute approximate surface area is 75.7 Å². The molecular weight excluding hydrogens is 150 g/mol. The average Bonchev–Trinajstić information content (AvgIpc) is 1.85. The molecule has 0 fully saturated rings. The van der Waals surface area contributed by atoms with E-state index in [1.807, 2.05) is 41.7 Å². The van der Waals surface area contributed by atoms with Crippen LogP contribution in [-0.2, 0) is 4.79 Å². The maximum atomic E-state index is 11.6. The molecule has 0 radical (unpaired) electrons. The van der Waals surface area contributed by atoms with E-state index in [0.29, 0.717) is 12.2 Å². The van der Waals surface area contributed by atoms with E-state index >= 15 is 0 Å². The first kappa shape index (κ1) is 11.6. The van der Waals surface area contributed by atoms with Gasteiger partial charge >= 0.3 is 0 Å². The predicted molar refractivity (Wildman–Crippen MR) is 52.2 cm³/mol. The lowest BCUT2D eigenvalue weighted by Crippen LogP contribution is -2.40. The van der Waals surface area contributed by atoms with Gasteiger partial charge in [0.2, 0.25) is 0 Å². The maximum Gasteiger partial charge on any atom is 0.140 e. The molecule has 0 spiro atoms. The number of rotatable bonds is 3. The molecule has 0 aromatic carbocycles. The zero-order chi connectivity index (χ0) is 9.99. The van der Waals surface area contributed by atoms with Crippen molar-refractivity contribution < 1.29 is 4.79 Å². The molecule has 0 amide bonds. The van der Waals surface area contributed by atoms with E-state index in [1.54, 1.807) is 0 Å². The zero-order valence-corrected chi connectivity index (χ0v) is 9.12. The molecule has 0 unspecified atom stereocenters. The molecule has 0 aliphatic carbocycles. The number of hydrogen-bond acceptors (Lipinski definition) is 2. The standard InChI is InChI=1S/C10H21NO/c1-9(2,3)8(12)7-10(4,5)11-6/h11H,7H2,1-6H3. The Morgan fingerprint density at radius 3 is 1.83 bits per heavy atom. The highest BCUT2D eigenvalue weighted by atomic mass is 16.1. The van der Waals surface area contributed by atoms with Crippen molar-refractivity contribution >= 4 is 5.78 Å². The summed E-state index contributed by atoms with van der Waals surface area (Å²) in [6.45, 7) is 9.95. The summed E-state index contributed by atoms with van der Waals surface area (Å²) < 4.78 is 0. The Morgan fingerprint density at radius 1 is 1.17 bits per heavy atom. The van der Waals surface area contributed by atoms with Gasteiger partial charge in [-0.05, 0) is 20.9 Å². The summed E-state index contributed by atoms with van der Waals surface area (Å²) in [4.78, 5) is 11.6. The normalized spacial score (nSPS) is 13.2. The minimum absolute atomic E-state index is 0.0790. The Hall–Kier alpha value is -0.370. The first-order valence-electron chi connectivity index (χ1n) is 4.41. The monoisotopic (exact) mass is 171 g/mol. The van der Waals surface area contributed by atoms with Crippen molar-refractivity contribution in [3.05, 3.63) is 0 Å². The van der Waals surface area contributed by atoms with Crippen LogP contribution in [0.5, 0.6) is 0 Å². The quantitative estimate of drug-likeness (QED) is 0.703. The van der Waals surface area contributed by atoms with Gasteiger partial charge < -0.3 is 5.32 Å². The van der Waals surface area contributed by atoms with E-state index in [0.717, 1.165) is 0 Å². The number of carbonyl (C=O) groups excluding carboxylic acids is 1. The summed E-state index contributed by atoms with van der Waals surface area (Å²) in [5.74, 6) is 0.307. The van der Waals surface area contributed by atoms with Crippen LogP contribution in [0.1, 0.15) is 41.0 Å². The van der Waals surface area contributed by atoms with Gasteiger partial charge in [-0.2, -0.15) is 0 Å². The minimum Gasteiger partial charge on any atom is -0.314 e. The van der Waals surface area contributed by atoms with Crippen LogP contribution in [-0.4, -0.2) is 18.4 Å². The summed E-state index contributed by atoms with van der Waals surface area (Å²) in [5, 5.41) is 3.12. The molecule has 0 atom stereocenters. The molecule has 72 valence electrons. The molecule has 12 heavy (non-hydrogen) atoms. The first-order chi connectivity index (χ1) is 5.19. The van der Waals surface area contributed by atoms with Crippen molar-refractivity contribution in [2.24, 2.45) is 5.41 Å². The Balaban J connectivity index is 4.20. The number of carbonyl (C=O) groups is 1. The molecule has 0 rings (SSSR count). The third-order valence-corrected chi connectivity index (χ3v) is 2.12. The number of Topliss-reactive ketones (excluding diaryl/α,β-unsaturated/α-hetero) is 1. The van der Waals surface area contributed by atoms with Crippen LogP contribution < -0.4 is 5.32 Å². The highest BCUT2D eigenvalue weighted by Crippen LogP contribution is 2.21. The smallest absolute Gasteiger partial charge is 0.140 e. The van der Waals surface area contributed by atoms with Crippen molar-refractivity contribution in [2.75, 3.05) is 7.05 Å². The fourth-order valence-electron chi connectivity index (χ4n) is 0.755. The molecule has 0 saturated heterocycles. The third-order valence-electron chi connectivity index (χ3n) is 2.12. The van der Waals surface area contributed by atoms with Crippen molar-refractivity contribution in [3.8, 4) is 0 Å². The second-order valence-electron chi connectivity index (χ2n) is 4.98. The lowest BCUT2D eigenvalue weighted by Gasteiger charge is -2.27. The van der Waals surface area contributed by atoms with Crippen molar-refractivity contribution in [2.45, 2.75) is 46.6 Å². The van der Waals surface area contributed by atoms with Gasteiger partial charge in [-0.15, -0.1) is 0 Å². The zero-order valence-electron chi connectivity index (χ0n) is 9.12. The van der Waals surface area contributed by atoms with Gasteiger partial charge in [0.25, 0.3) is 0 Å². The van der Waals surface area contributed by atoms with Gasteiger partial charge in [0.1, 0.15) is 5.78 Å². The first-order valence-corrected chi connectivity index (χ1v) is 4.41. The fourth-order valence-corrected chi connectivity index (χ4v) is 0.755. The SMILES string of the molecule is CNC(C)(C)CC(=O)C(C)(C)C. The lowest BCUT2D eigenvalue weighted by atomic mass is 9.83. The van der Waals surface area contributed by atoms with E-state index in [2.05, 4.69) is 5.32 Å². The molecule has 2 nitrogen and oxygen atoms in total. The van der Waals surface area contributed by atoms with Gasteiger partial charge in [-0.3, -0.25) is 4.79 Å². The summed E-state index contributed by atoms with van der Waals surface area (Å²) in [7, 11) is 1.88. The van der Waals surface area contributed by atoms with E-state index < -0.39 is 0 Å². The van der Waals surface area contributed by atoms with Crippen LogP contribution in [0.15, 0.2) is 0 Å². The van der Waals surface area contributed by atoms with Crippen LogP contribution in [0.4, 0.5) is 0 Å². The van der Waals surface area contributed by atoms with Gasteiger partial charge in [0.05, 0.1) is 0 Å². The largest absolute Gasteiger partial charge is 0.314 e. The average molecular weight is 171 g/mol. The summed E-state index contributed by atoms with van der Waals surface area (Å²) in [5.41, 5.74) is -0.293. The van der Waals surface area contributed by atoms with Crippen molar-refractivity contribution in [1.82, 2.24) is 5.32 Å². The van der Waals surface area contributed by atoms with Gasteiger partial charge in [0.15, 0.2) is 0 Å². The van der Waals surface area contributed by atoms with Crippen LogP contribution in [0.3, 0.4) is 0 Å². The minimum atomic E-state index is -0.214. The highest BCUT2D eigenvalue weighted by Gasteiger charge is 2.27. The third kappa shape index (κ3) is 3.86. The maximum absolute atomic E-state index is 11.6. The van der Waals surface area contributed by atoms with E-state index in [-0.39, 0.29) is 11.0 Å². The fraction of sp³-hybridized carbons (Fsp3) is 0.900. The Morgan fingerprint density at radius 2 is 1.58 bits per heavy atom. The molecule has 0 heterocycles. The van der Waals surface area contributed by atoms with E-state index in [9.17, 15) is 4.79 Å². The number of nitrogens with one attached hydrogen (secondary N) is 1. The van der Waals surface area contributed by atoms with Crippen LogP contribution in [0.25, 0.3) is 0 Å². The molecule has 2 heteroatoms. The van der Waals surface area contributed by atoms with Crippen molar-refractivity contribution in [1.29, 1.82) is 0 Å². The molecule has 0 aromatic rings. The predicted octanol–water partition coefficient (Wildman–Crippen LogP) is 1.99. The van der Waals surface area contributed by atoms with Gasteiger partial charge in [0, 0.05) is 17.4 Å². The Kier molecular flexibility index (Phi) is 3.45. The molecule has 0 aromatic heterocycles. The summed E-state index contributed by atoms with van der Waals surface area (Å²) in [6, 6.07) is 0. The van der Waals surface area contributed by atoms with Crippen molar-refractivity contribution in [3.63, 3.8) is 0 Å². The summed E-state index contributed by atoms with van der Waals surface area (Å²) in [6.07, 6.45) is 0.590. The van der Waals surface area contributed by atoms with Gasteiger partial charge in [-0.25, -0.2) is 0 Å². The van der Waals surface area contributed by atoms with Crippen LogP contribution >= 0.6 is 0 Å².